The van der Waals surface area contributed by atoms with Crippen molar-refractivity contribution < 1.29 is 0 Å². The van der Waals surface area contributed by atoms with Gasteiger partial charge in [0, 0.05) is 16.8 Å². The highest BCUT2D eigenvalue weighted by Gasteiger charge is 2.17. The smallest absolute Gasteiger partial charge is 0.0950 e. The van der Waals surface area contributed by atoms with Crippen molar-refractivity contribution in [1.29, 1.82) is 0 Å². The summed E-state index contributed by atoms with van der Waals surface area (Å²) in [5.74, 6) is 0.531. The quantitative estimate of drug-likeness (QED) is 0.831. The number of anilines is 1. The number of halogens is 1. The molecule has 2 rings (SSSR count). The van der Waals surface area contributed by atoms with Crippen molar-refractivity contribution in [2.24, 2.45) is 0 Å². The topological polar surface area (TPSA) is 37.8 Å². The van der Waals surface area contributed by atoms with Crippen molar-refractivity contribution in [3.05, 3.63) is 30.5 Å². The standard InChI is InChI=1S/C12H14ClN3/c1-12(2,8-13)15-11-7-14-16-10-6-4-3-5-9(10)11/h3-7H,8H2,1-2H3,(H,15,16). The summed E-state index contributed by atoms with van der Waals surface area (Å²) < 4.78 is 0. The van der Waals surface area contributed by atoms with Gasteiger partial charge < -0.3 is 5.32 Å². The summed E-state index contributed by atoms with van der Waals surface area (Å²) in [5.41, 5.74) is 1.70. The number of fused-ring (bicyclic) bond motifs is 1. The van der Waals surface area contributed by atoms with Crippen LogP contribution in [0.1, 0.15) is 13.8 Å². The van der Waals surface area contributed by atoms with Crippen molar-refractivity contribution in [2.45, 2.75) is 19.4 Å². The number of alkyl halides is 1. The molecule has 84 valence electrons. The highest BCUT2D eigenvalue weighted by Crippen LogP contribution is 2.23. The minimum Gasteiger partial charge on any atom is -0.377 e. The van der Waals surface area contributed by atoms with Crippen molar-refractivity contribution >= 4 is 28.2 Å². The van der Waals surface area contributed by atoms with Crippen LogP contribution in [0.15, 0.2) is 30.5 Å². The zero-order chi connectivity index (χ0) is 11.6. The highest BCUT2D eigenvalue weighted by molar-refractivity contribution is 6.18. The van der Waals surface area contributed by atoms with Gasteiger partial charge in [0.25, 0.3) is 0 Å². The minimum atomic E-state index is -0.159. The fraction of sp³-hybridized carbons (Fsp3) is 0.333. The van der Waals surface area contributed by atoms with E-state index in [1.165, 1.54) is 0 Å². The van der Waals surface area contributed by atoms with Crippen molar-refractivity contribution in [1.82, 2.24) is 10.2 Å². The minimum absolute atomic E-state index is 0.159. The molecule has 0 aliphatic heterocycles. The van der Waals surface area contributed by atoms with Gasteiger partial charge in [-0.05, 0) is 19.9 Å². The van der Waals surface area contributed by atoms with E-state index in [2.05, 4.69) is 29.4 Å². The predicted molar refractivity (Wildman–Crippen MR) is 68.0 cm³/mol. The Balaban J connectivity index is 2.45. The molecule has 1 heterocycles. The number of hydrogen-bond acceptors (Lipinski definition) is 3. The molecule has 0 amide bonds. The summed E-state index contributed by atoms with van der Waals surface area (Å²) in [6.07, 6.45) is 1.73. The van der Waals surface area contributed by atoms with Gasteiger partial charge >= 0.3 is 0 Å². The maximum Gasteiger partial charge on any atom is 0.0950 e. The normalized spacial score (nSPS) is 11.7. The third-order valence-electron chi connectivity index (χ3n) is 2.35. The first-order valence-corrected chi connectivity index (χ1v) is 5.70. The molecular formula is C12H14ClN3. The maximum atomic E-state index is 5.90. The lowest BCUT2D eigenvalue weighted by atomic mass is 10.1. The second-order valence-corrected chi connectivity index (χ2v) is 4.69. The Morgan fingerprint density at radius 1 is 1.31 bits per heavy atom. The van der Waals surface area contributed by atoms with Crippen LogP contribution in [0.3, 0.4) is 0 Å². The van der Waals surface area contributed by atoms with Crippen molar-refractivity contribution in [3.63, 3.8) is 0 Å². The molecule has 1 aromatic heterocycles. The van der Waals surface area contributed by atoms with E-state index < -0.39 is 0 Å². The van der Waals surface area contributed by atoms with E-state index >= 15 is 0 Å². The molecule has 1 N–H and O–H groups in total. The zero-order valence-electron chi connectivity index (χ0n) is 9.37. The van der Waals surface area contributed by atoms with Crippen LogP contribution in [0.5, 0.6) is 0 Å². The third-order valence-corrected chi connectivity index (χ3v) is 3.02. The molecule has 0 saturated heterocycles. The van der Waals surface area contributed by atoms with E-state index in [0.29, 0.717) is 5.88 Å². The average Bonchev–Trinajstić information content (AvgIpc) is 2.29. The molecule has 0 spiro atoms. The van der Waals surface area contributed by atoms with E-state index in [1.807, 2.05) is 24.3 Å². The Kier molecular flexibility index (Phi) is 2.97. The van der Waals surface area contributed by atoms with E-state index in [-0.39, 0.29) is 5.54 Å². The van der Waals surface area contributed by atoms with Crippen LogP contribution in [0, 0.1) is 0 Å². The fourth-order valence-corrected chi connectivity index (χ4v) is 1.57. The summed E-state index contributed by atoms with van der Waals surface area (Å²) in [6, 6.07) is 7.91. The SMILES string of the molecule is CC(C)(CCl)Nc1cnnc2ccccc12. The molecule has 0 fully saturated rings. The molecule has 2 aromatic rings. The molecule has 0 radical (unpaired) electrons. The van der Waals surface area contributed by atoms with Gasteiger partial charge in [-0.25, -0.2) is 0 Å². The second-order valence-electron chi connectivity index (χ2n) is 4.42. The lowest BCUT2D eigenvalue weighted by Crippen LogP contribution is -2.32. The van der Waals surface area contributed by atoms with Crippen molar-refractivity contribution in [3.8, 4) is 0 Å². The third kappa shape index (κ3) is 2.25. The summed E-state index contributed by atoms with van der Waals surface area (Å²) in [6.45, 7) is 4.10. The molecule has 0 aliphatic carbocycles. The molecule has 0 aliphatic rings. The van der Waals surface area contributed by atoms with Gasteiger partial charge in [0.15, 0.2) is 0 Å². The van der Waals surface area contributed by atoms with Crippen LogP contribution in [-0.4, -0.2) is 21.6 Å². The van der Waals surface area contributed by atoms with Crippen LogP contribution in [0.2, 0.25) is 0 Å². The summed E-state index contributed by atoms with van der Waals surface area (Å²) in [7, 11) is 0. The van der Waals surface area contributed by atoms with Crippen LogP contribution >= 0.6 is 11.6 Å². The maximum absolute atomic E-state index is 5.90. The first kappa shape index (κ1) is 11.1. The predicted octanol–water partition coefficient (Wildman–Crippen LogP) is 3.06. The van der Waals surface area contributed by atoms with Crippen LogP contribution in [0.25, 0.3) is 10.9 Å². The zero-order valence-corrected chi connectivity index (χ0v) is 10.1. The summed E-state index contributed by atoms with van der Waals surface area (Å²) in [5, 5.41) is 12.5. The Morgan fingerprint density at radius 2 is 2.06 bits per heavy atom. The molecule has 1 aromatic carbocycles. The van der Waals surface area contributed by atoms with Gasteiger partial charge in [0.2, 0.25) is 0 Å². The molecule has 16 heavy (non-hydrogen) atoms. The average molecular weight is 236 g/mol. The molecule has 3 nitrogen and oxygen atoms in total. The second kappa shape index (κ2) is 4.26. The molecule has 0 bridgehead atoms. The Morgan fingerprint density at radius 3 is 2.81 bits per heavy atom. The molecule has 0 unspecified atom stereocenters. The van der Waals surface area contributed by atoms with Gasteiger partial charge in [-0.15, -0.1) is 11.6 Å². The monoisotopic (exact) mass is 235 g/mol. The number of aromatic nitrogens is 2. The Hall–Kier alpha value is -1.35. The number of hydrogen-bond donors (Lipinski definition) is 1. The largest absolute Gasteiger partial charge is 0.377 e. The number of benzene rings is 1. The van der Waals surface area contributed by atoms with E-state index in [4.69, 9.17) is 11.6 Å². The first-order chi connectivity index (χ1) is 7.62. The van der Waals surface area contributed by atoms with Gasteiger partial charge in [0.1, 0.15) is 0 Å². The molecule has 0 saturated carbocycles. The molecular weight excluding hydrogens is 222 g/mol. The van der Waals surface area contributed by atoms with Crippen LogP contribution < -0.4 is 5.32 Å². The Labute approximate surface area is 99.8 Å². The van der Waals surface area contributed by atoms with Gasteiger partial charge in [-0.1, -0.05) is 18.2 Å². The van der Waals surface area contributed by atoms with Crippen LogP contribution in [-0.2, 0) is 0 Å². The highest BCUT2D eigenvalue weighted by atomic mass is 35.5. The summed E-state index contributed by atoms with van der Waals surface area (Å²) in [4.78, 5) is 0. The molecule has 0 atom stereocenters. The molecule has 4 heteroatoms. The van der Waals surface area contributed by atoms with Crippen molar-refractivity contribution in [2.75, 3.05) is 11.2 Å². The van der Waals surface area contributed by atoms with Crippen LogP contribution in [0.4, 0.5) is 5.69 Å². The first-order valence-electron chi connectivity index (χ1n) is 5.17. The van der Waals surface area contributed by atoms with Gasteiger partial charge in [-0.2, -0.15) is 10.2 Å². The van der Waals surface area contributed by atoms with Gasteiger partial charge in [-0.3, -0.25) is 0 Å². The number of nitrogens with zero attached hydrogens (tertiary/aromatic N) is 2. The van der Waals surface area contributed by atoms with E-state index in [1.54, 1.807) is 6.20 Å². The summed E-state index contributed by atoms with van der Waals surface area (Å²) >= 11 is 5.90. The lowest BCUT2D eigenvalue weighted by molar-refractivity contribution is 0.642. The van der Waals surface area contributed by atoms with E-state index in [9.17, 15) is 0 Å². The van der Waals surface area contributed by atoms with Gasteiger partial charge in [0.05, 0.1) is 17.4 Å². The number of nitrogens with one attached hydrogen (secondary N) is 1. The van der Waals surface area contributed by atoms with E-state index in [0.717, 1.165) is 16.6 Å². The lowest BCUT2D eigenvalue weighted by Gasteiger charge is -2.25. The number of rotatable bonds is 3. The Bertz CT molecular complexity index is 491. The fourth-order valence-electron chi connectivity index (χ4n) is 1.50.